The SMILES string of the molecule is CC(=O)C(N=Nc1cc(C(=O)Nc2cc(C(F)(F)F)ccc2Oc2ccc(Cl)cc2)ccc1Cl)C(=O)Oc1ccccc1.CC(=O)C(N=Nc1cc(C(=O)Nc2cc(Cl)ccc2C)ccc1Cl)C(=O)Oc1ccccc1Cl.CC(=O)C(N=Nc1cc(C(=O)Nc2cccc(Cl)c2C)ccc1Cl)C(=O)Oc1cc(C(F)(F)F)ccc1Cl. The maximum absolute atomic E-state index is 13.5. The highest BCUT2D eigenvalue weighted by atomic mass is 35.5. The van der Waals surface area contributed by atoms with E-state index in [4.69, 9.17) is 112 Å². The number of ether oxygens (including phenoxy) is 4. The van der Waals surface area contributed by atoms with Gasteiger partial charge < -0.3 is 34.9 Å². The summed E-state index contributed by atoms with van der Waals surface area (Å²) in [5, 5.41) is 32.2. The number of anilines is 3. The first-order chi connectivity index (χ1) is 54.3. The highest BCUT2D eigenvalue weighted by Gasteiger charge is 2.35. The van der Waals surface area contributed by atoms with Gasteiger partial charge in [0.15, 0.2) is 23.1 Å². The molecule has 0 heterocycles. The Balaban J connectivity index is 0.000000217. The first-order valence-electron chi connectivity index (χ1n) is 32.9. The molecule has 0 aliphatic rings. The van der Waals surface area contributed by atoms with Crippen LogP contribution in [0.2, 0.25) is 40.2 Å². The molecule has 592 valence electrons. The molecule has 3 N–H and O–H groups in total. The Morgan fingerprint density at radius 1 is 0.348 bits per heavy atom. The molecule has 0 aliphatic heterocycles. The number of ketones is 3. The van der Waals surface area contributed by atoms with Gasteiger partial charge in [-0.05, 0) is 210 Å². The summed E-state index contributed by atoms with van der Waals surface area (Å²) in [5.41, 5.74) is 0.344. The Kier molecular flexibility index (Phi) is 31.4. The number of hydrogen-bond donors (Lipinski definition) is 3. The van der Waals surface area contributed by atoms with E-state index in [1.54, 1.807) is 73.7 Å². The molecule has 3 atom stereocenters. The normalized spacial score (nSPS) is 12.1. The van der Waals surface area contributed by atoms with Gasteiger partial charge in [0.05, 0.1) is 41.9 Å². The number of esters is 3. The quantitative estimate of drug-likeness (QED) is 0.0177. The number of benzene rings is 10. The Morgan fingerprint density at radius 3 is 1.24 bits per heavy atom. The third kappa shape index (κ3) is 25.8. The topological polar surface area (TPSA) is 301 Å². The van der Waals surface area contributed by atoms with E-state index in [0.29, 0.717) is 44.1 Å². The number of azo groups is 3. The lowest BCUT2D eigenvalue weighted by Crippen LogP contribution is -2.30. The summed E-state index contributed by atoms with van der Waals surface area (Å²) in [5.74, 6) is -7.24. The molecule has 36 heteroatoms. The predicted molar refractivity (Wildman–Crippen MR) is 422 cm³/mol. The van der Waals surface area contributed by atoms with Gasteiger partial charge in [0, 0.05) is 43.1 Å². The molecule has 0 aliphatic carbocycles. The summed E-state index contributed by atoms with van der Waals surface area (Å²) >= 11 is 48.3. The Labute approximate surface area is 689 Å². The van der Waals surface area contributed by atoms with Gasteiger partial charge >= 0.3 is 30.3 Å². The monoisotopic (exact) mass is 1730 g/mol. The van der Waals surface area contributed by atoms with Crippen molar-refractivity contribution in [3.05, 3.63) is 285 Å². The van der Waals surface area contributed by atoms with Crippen molar-refractivity contribution in [1.29, 1.82) is 0 Å². The fourth-order valence-electron chi connectivity index (χ4n) is 9.29. The summed E-state index contributed by atoms with van der Waals surface area (Å²) in [6, 6.07) is 42.5. The molecule has 0 bridgehead atoms. The van der Waals surface area contributed by atoms with E-state index in [9.17, 15) is 69.5 Å². The molecule has 0 saturated carbocycles. The van der Waals surface area contributed by atoms with Crippen LogP contribution in [-0.2, 0) is 41.1 Å². The van der Waals surface area contributed by atoms with Gasteiger partial charge in [-0.25, -0.2) is 14.4 Å². The Hall–Kier alpha value is -11.5. The van der Waals surface area contributed by atoms with Crippen LogP contribution in [0.15, 0.2) is 237 Å². The minimum atomic E-state index is -4.72. The van der Waals surface area contributed by atoms with Crippen molar-refractivity contribution in [2.75, 3.05) is 16.0 Å². The minimum absolute atomic E-state index is 0.0184. The number of halogens is 14. The van der Waals surface area contributed by atoms with Gasteiger partial charge in [0.25, 0.3) is 17.7 Å². The average molecular weight is 1740 g/mol. The van der Waals surface area contributed by atoms with Crippen molar-refractivity contribution < 1.29 is 88.4 Å². The molecule has 115 heavy (non-hydrogen) atoms. The molecule has 10 aromatic rings. The van der Waals surface area contributed by atoms with Gasteiger partial charge in [-0.15, -0.1) is 0 Å². The zero-order valence-corrected chi connectivity index (χ0v) is 65.7. The summed E-state index contributed by atoms with van der Waals surface area (Å²) in [7, 11) is 0. The van der Waals surface area contributed by atoms with Gasteiger partial charge in [-0.1, -0.05) is 135 Å². The van der Waals surface area contributed by atoms with Gasteiger partial charge in [0.1, 0.15) is 40.1 Å². The summed E-state index contributed by atoms with van der Waals surface area (Å²) < 4.78 is 100. The number of carbonyl (C=O) groups is 9. The van der Waals surface area contributed by atoms with E-state index in [0.717, 1.165) is 43.7 Å². The number of hydrogen-bond acceptors (Lipinski definition) is 19. The van der Waals surface area contributed by atoms with Crippen molar-refractivity contribution in [1.82, 2.24) is 0 Å². The summed E-state index contributed by atoms with van der Waals surface area (Å²) in [4.78, 5) is 112. The second-order valence-electron chi connectivity index (χ2n) is 23.8. The van der Waals surface area contributed by atoms with Crippen molar-refractivity contribution in [3.63, 3.8) is 0 Å². The molecule has 0 radical (unpaired) electrons. The van der Waals surface area contributed by atoms with Crippen LogP contribution in [0, 0.1) is 13.8 Å². The van der Waals surface area contributed by atoms with E-state index in [-0.39, 0.29) is 87.6 Å². The van der Waals surface area contributed by atoms with Crippen molar-refractivity contribution in [2.45, 2.75) is 65.1 Å². The lowest BCUT2D eigenvalue weighted by Gasteiger charge is -2.15. The molecule has 0 saturated heterocycles. The fraction of sp³-hybridized carbons (Fsp3) is 0.127. The molecule has 0 aromatic heterocycles. The fourth-order valence-corrected chi connectivity index (χ4v) is 10.6. The van der Waals surface area contributed by atoms with Gasteiger partial charge in [0.2, 0.25) is 18.1 Å². The minimum Gasteiger partial charge on any atom is -0.455 e. The maximum Gasteiger partial charge on any atom is 0.416 e. The Bertz CT molecular complexity index is 5470. The predicted octanol–water partition coefficient (Wildman–Crippen LogP) is 23.4. The van der Waals surface area contributed by atoms with Crippen LogP contribution in [0.5, 0.6) is 28.7 Å². The van der Waals surface area contributed by atoms with Crippen molar-refractivity contribution in [2.24, 2.45) is 30.7 Å². The van der Waals surface area contributed by atoms with Crippen LogP contribution in [0.25, 0.3) is 0 Å². The van der Waals surface area contributed by atoms with Crippen LogP contribution < -0.4 is 34.9 Å². The second-order valence-corrected chi connectivity index (χ2v) is 27.1. The first-order valence-corrected chi connectivity index (χ1v) is 35.9. The van der Waals surface area contributed by atoms with Crippen molar-refractivity contribution >= 4 is 180 Å². The number of aryl methyl sites for hydroxylation is 1. The molecule has 22 nitrogen and oxygen atoms in total. The third-order valence-corrected chi connectivity index (χ3v) is 17.8. The number of nitrogens with one attached hydrogen (secondary N) is 3. The van der Waals surface area contributed by atoms with E-state index < -0.39 is 100 Å². The van der Waals surface area contributed by atoms with Crippen LogP contribution in [0.1, 0.15) is 74.1 Å². The third-order valence-electron chi connectivity index (χ3n) is 15.3. The summed E-state index contributed by atoms with van der Waals surface area (Å²) in [6.07, 6.45) is -9.41. The lowest BCUT2D eigenvalue weighted by molar-refractivity contribution is -0.141. The molecule has 0 fully saturated rings. The highest BCUT2D eigenvalue weighted by Crippen LogP contribution is 2.40. The molecular weight excluding hydrogens is 1680 g/mol. The van der Waals surface area contributed by atoms with Gasteiger partial charge in [-0.2, -0.15) is 57.0 Å². The van der Waals surface area contributed by atoms with E-state index >= 15 is 0 Å². The second kappa shape index (κ2) is 40.5. The largest absolute Gasteiger partial charge is 0.455 e. The molecule has 10 rings (SSSR count). The highest BCUT2D eigenvalue weighted by molar-refractivity contribution is 6.35. The number of carbonyl (C=O) groups excluding carboxylic acids is 9. The Morgan fingerprint density at radius 2 is 0.757 bits per heavy atom. The maximum atomic E-state index is 13.5. The van der Waals surface area contributed by atoms with Crippen LogP contribution >= 0.6 is 92.8 Å². The zero-order chi connectivity index (χ0) is 84.2. The molecule has 3 amide bonds. The average Bonchev–Trinajstić information content (AvgIpc) is 0.834. The van der Waals surface area contributed by atoms with Crippen LogP contribution in [0.3, 0.4) is 0 Å². The number of Topliss-reactive ketones (excluding diaryl/α,β-unsaturated/α-hetero) is 3. The van der Waals surface area contributed by atoms with Gasteiger partial charge in [-0.3, -0.25) is 28.8 Å². The van der Waals surface area contributed by atoms with E-state index in [1.807, 2.05) is 6.92 Å². The summed E-state index contributed by atoms with van der Waals surface area (Å²) in [6.45, 7) is 6.87. The van der Waals surface area contributed by atoms with Crippen molar-refractivity contribution in [3.8, 4) is 28.7 Å². The number of rotatable bonds is 23. The molecular formula is C79H55Cl8F6N9O13. The first kappa shape index (κ1) is 89.1. The lowest BCUT2D eigenvalue weighted by atomic mass is 10.1. The zero-order valence-electron chi connectivity index (χ0n) is 59.6. The molecule has 10 aromatic carbocycles. The molecule has 3 unspecified atom stereocenters. The number of nitrogens with zero attached hydrogens (tertiary/aromatic N) is 6. The van der Waals surface area contributed by atoms with E-state index in [1.165, 1.54) is 110 Å². The number of amides is 3. The smallest absolute Gasteiger partial charge is 0.416 e. The van der Waals surface area contributed by atoms with Crippen LogP contribution in [-0.4, -0.2) is 71.1 Å². The number of para-hydroxylation sites is 2. The standard InChI is InChI=1S/C30H20Cl2F3N3O5.C25H17Cl3F3N3O4.C24H18Cl3N3O4/c1-17(39)27(29(41)43-21-5-3-2-4-6-21)38-37-24-15-18(7-13-23(24)32)28(40)36-25-16-19(30(33,34)35)8-14-26(25)42-22-11-9-20(31)10-12-22;1-12-16(26)4-3-5-19(12)32-23(36)14-6-8-17(27)20(10-14)33-34-22(13(2)35)24(37)38-21-11-15(25(29,30)31)7-9-18(21)28;1-13-7-9-16(25)12-19(13)28-23(32)15-8-10-17(26)20(11-15)29-30-22(14(2)31)24(33)34-21-6-4-3-5-18(21)27/h2-16,27H,1H3,(H,36,40);3-11,22H,1-2H3,(H,32,36);3-12,22H,1-2H3,(H,28,32). The number of alkyl halides is 6. The van der Waals surface area contributed by atoms with Crippen LogP contribution in [0.4, 0.5) is 60.5 Å². The molecule has 0 spiro atoms. The van der Waals surface area contributed by atoms with E-state index in [2.05, 4.69) is 46.6 Å².